The van der Waals surface area contributed by atoms with Gasteiger partial charge in [0.25, 0.3) is 0 Å². The zero-order valence-electron chi connectivity index (χ0n) is 46.9. The Morgan fingerprint density at radius 1 is 0.538 bits per heavy atom. The third kappa shape index (κ3) is 26.0. The summed E-state index contributed by atoms with van der Waals surface area (Å²) in [5.74, 6) is -9.54. The lowest BCUT2D eigenvalue weighted by Crippen LogP contribution is -2.61. The molecule has 1 aliphatic rings. The highest BCUT2D eigenvalue weighted by molar-refractivity contribution is 5.98. The Balaban J connectivity index is 3.52. The van der Waals surface area contributed by atoms with Crippen molar-refractivity contribution in [1.82, 2.24) is 42.1 Å². The minimum atomic E-state index is -1.51. The van der Waals surface area contributed by atoms with Gasteiger partial charge in [-0.15, -0.1) is 0 Å². The lowest BCUT2D eigenvalue weighted by atomic mass is 9.98. The maximum absolute atomic E-state index is 14.4. The molecule has 1 aliphatic heterocycles. The number of nitrogens with zero attached hydrogens (tertiary/aromatic N) is 3. The third-order valence-electron chi connectivity index (χ3n) is 12.8. The van der Waals surface area contributed by atoms with Gasteiger partial charge in [-0.2, -0.15) is 0 Å². The van der Waals surface area contributed by atoms with Crippen LogP contribution in [0.5, 0.6) is 0 Å². The first-order chi connectivity index (χ1) is 36.5. The molecule has 1 saturated heterocycles. The van der Waals surface area contributed by atoms with Gasteiger partial charge < -0.3 is 87.4 Å². The Bertz CT molecular complexity index is 2060. The molecular formula is C50H93N17O11. The molecule has 9 unspecified atom stereocenters. The minimum Gasteiger partial charge on any atom is -0.480 e. The number of nitrogens with one attached hydrogen (secondary N) is 7. The molecule has 0 aromatic carbocycles. The van der Waals surface area contributed by atoms with Crippen molar-refractivity contribution in [2.75, 3.05) is 26.2 Å². The van der Waals surface area contributed by atoms with E-state index in [0.29, 0.717) is 25.7 Å². The number of unbranched alkanes of at least 4 members (excludes halogenated alkanes) is 1. The molecule has 1 heterocycles. The highest BCUT2D eigenvalue weighted by Crippen LogP contribution is 2.22. The van der Waals surface area contributed by atoms with Gasteiger partial charge in [-0.3, -0.25) is 53.1 Å². The van der Waals surface area contributed by atoms with Crippen LogP contribution in [0.2, 0.25) is 0 Å². The monoisotopic (exact) mass is 1110 g/mol. The van der Waals surface area contributed by atoms with Crippen molar-refractivity contribution in [2.45, 2.75) is 193 Å². The first-order valence-electron chi connectivity index (χ1n) is 27.0. The summed E-state index contributed by atoms with van der Waals surface area (Å²) in [5.41, 5.74) is 39.2. The normalized spacial score (nSPS) is 16.3. The van der Waals surface area contributed by atoms with Gasteiger partial charge in [0.05, 0.1) is 6.04 Å². The van der Waals surface area contributed by atoms with E-state index in [1.54, 1.807) is 27.7 Å². The molecule has 9 atom stereocenters. The molecule has 1 fully saturated rings. The zero-order valence-corrected chi connectivity index (χ0v) is 46.9. The number of hydrogen-bond acceptors (Lipinski definition) is 14. The molecule has 1 rings (SSSR count). The van der Waals surface area contributed by atoms with Crippen LogP contribution in [0.4, 0.5) is 0 Å². The minimum absolute atomic E-state index is 0.0199. The van der Waals surface area contributed by atoms with Crippen molar-refractivity contribution < 1.29 is 53.1 Å². The summed E-state index contributed by atoms with van der Waals surface area (Å²) in [7, 11) is 0. The van der Waals surface area contributed by atoms with E-state index in [-0.39, 0.29) is 101 Å². The maximum atomic E-state index is 14.4. The molecular weight excluding hydrogens is 1010 g/mol. The lowest BCUT2D eigenvalue weighted by Gasteiger charge is -2.32. The van der Waals surface area contributed by atoms with Gasteiger partial charge in [-0.1, -0.05) is 55.4 Å². The summed E-state index contributed by atoms with van der Waals surface area (Å²) in [4.78, 5) is 145. The van der Waals surface area contributed by atoms with Gasteiger partial charge in [-0.25, -0.2) is 4.79 Å². The van der Waals surface area contributed by atoms with Gasteiger partial charge in [-0.05, 0) is 107 Å². The number of carbonyl (C=O) groups excluding carboxylic acids is 9. The van der Waals surface area contributed by atoms with Gasteiger partial charge >= 0.3 is 5.97 Å². The number of guanidine groups is 2. The number of carboxylic acid groups (broad SMARTS) is 1. The number of carbonyl (C=O) groups is 10. The van der Waals surface area contributed by atoms with Crippen LogP contribution in [-0.2, 0) is 47.9 Å². The second kappa shape index (κ2) is 35.5. The molecule has 28 heteroatoms. The highest BCUT2D eigenvalue weighted by atomic mass is 16.4. The van der Waals surface area contributed by atoms with Crippen molar-refractivity contribution >= 4 is 71.1 Å². The predicted octanol–water partition coefficient (Wildman–Crippen LogP) is -3.31. The van der Waals surface area contributed by atoms with Gasteiger partial charge in [0.15, 0.2) is 11.9 Å². The average molecular weight is 1110 g/mol. The summed E-state index contributed by atoms with van der Waals surface area (Å²) in [6, 6.07) is -11.0. The molecule has 78 heavy (non-hydrogen) atoms. The van der Waals surface area contributed by atoms with Crippen molar-refractivity contribution in [3.8, 4) is 0 Å². The number of carboxylic acids is 1. The number of aliphatic carboxylic acids is 1. The number of rotatable bonds is 37. The van der Waals surface area contributed by atoms with Crippen LogP contribution in [-0.4, -0.2) is 162 Å². The van der Waals surface area contributed by atoms with Gasteiger partial charge in [0.2, 0.25) is 53.2 Å². The van der Waals surface area contributed by atoms with Crippen LogP contribution >= 0.6 is 0 Å². The molecule has 0 aliphatic carbocycles. The van der Waals surface area contributed by atoms with Crippen molar-refractivity contribution in [3.05, 3.63) is 0 Å². The summed E-state index contributed by atoms with van der Waals surface area (Å²) in [6.07, 6.45) is 1.75. The molecule has 0 spiro atoms. The molecule has 0 bridgehead atoms. The molecule has 444 valence electrons. The van der Waals surface area contributed by atoms with Crippen LogP contribution in [0.15, 0.2) is 9.98 Å². The summed E-state index contributed by atoms with van der Waals surface area (Å²) in [6.45, 7) is 14.6. The number of amides is 9. The van der Waals surface area contributed by atoms with Gasteiger partial charge in [0.1, 0.15) is 48.3 Å². The van der Waals surface area contributed by atoms with E-state index < -0.39 is 132 Å². The molecule has 9 amide bonds. The van der Waals surface area contributed by atoms with E-state index in [4.69, 9.17) is 40.1 Å². The topological polar surface area (TPSA) is 485 Å². The number of aliphatic imine (C=N–C) groups is 2. The summed E-state index contributed by atoms with van der Waals surface area (Å²) >= 11 is 0. The second-order valence-electron chi connectivity index (χ2n) is 21.3. The van der Waals surface area contributed by atoms with E-state index in [0.717, 1.165) is 0 Å². The Morgan fingerprint density at radius 3 is 1.47 bits per heavy atom. The first-order valence-corrected chi connectivity index (χ1v) is 27.0. The molecule has 28 nitrogen and oxygen atoms in total. The van der Waals surface area contributed by atoms with Crippen molar-refractivity contribution in [3.63, 3.8) is 0 Å². The number of likely N-dealkylation sites (tertiary alicyclic amines) is 1. The molecule has 0 aromatic heterocycles. The smallest absolute Gasteiger partial charge is 0.326 e. The number of primary amides is 1. The summed E-state index contributed by atoms with van der Waals surface area (Å²) in [5, 5.41) is 28.4. The van der Waals surface area contributed by atoms with Gasteiger partial charge in [0, 0.05) is 26.1 Å². The number of nitrogens with two attached hydrogens (primary N) is 7. The van der Waals surface area contributed by atoms with E-state index >= 15 is 0 Å². The van der Waals surface area contributed by atoms with Crippen LogP contribution in [0.1, 0.15) is 139 Å². The molecule has 0 radical (unpaired) electrons. The van der Waals surface area contributed by atoms with Crippen LogP contribution < -0.4 is 77.4 Å². The summed E-state index contributed by atoms with van der Waals surface area (Å²) < 4.78 is 0. The lowest BCUT2D eigenvalue weighted by molar-refractivity contribution is -0.145. The fourth-order valence-corrected chi connectivity index (χ4v) is 8.53. The third-order valence-corrected chi connectivity index (χ3v) is 12.8. The Kier molecular flexibility index (Phi) is 31.5. The maximum Gasteiger partial charge on any atom is 0.326 e. The van der Waals surface area contributed by atoms with E-state index in [9.17, 15) is 53.1 Å². The fraction of sp³-hybridized carbons (Fsp3) is 0.760. The number of hydrogen-bond donors (Lipinski definition) is 15. The van der Waals surface area contributed by atoms with Crippen molar-refractivity contribution in [2.24, 2.45) is 73.8 Å². The molecule has 0 aromatic rings. The predicted molar refractivity (Wildman–Crippen MR) is 294 cm³/mol. The molecule has 22 N–H and O–H groups in total. The van der Waals surface area contributed by atoms with E-state index in [1.807, 2.05) is 27.7 Å². The highest BCUT2D eigenvalue weighted by Gasteiger charge is 2.41. The van der Waals surface area contributed by atoms with E-state index in [2.05, 4.69) is 47.2 Å². The standard InChI is InChI=1S/C50H93N17O11/c1-26(2)24-34(63-40(69)30(52)14-11-21-58-49(54)55)44(73)65-38(28(5)6)46(75)62-31(15-9-10-20-51)41(70)60-32(16-12-22-59-50(56)57)42(71)61-33(18-19-37(53)68)43(72)66-39(29(7)8)47(76)67-23-13-17-36(67)45(74)64-35(48(77)78)25-27(3)4/h26-36,38-39H,9-25,51-52H2,1-8H3,(H2,53,68)(H,60,70)(H,61,71)(H,62,75)(H,63,69)(H,64,74)(H,65,73)(H,66,72)(H,77,78)(H4,54,55,58)(H4,56,57,59). The van der Waals surface area contributed by atoms with Crippen LogP contribution in [0.3, 0.4) is 0 Å². The quantitative estimate of drug-likeness (QED) is 0.0165. The zero-order chi connectivity index (χ0) is 59.4. The van der Waals surface area contributed by atoms with E-state index in [1.165, 1.54) is 4.90 Å². The average Bonchev–Trinajstić information content (AvgIpc) is 3.84. The van der Waals surface area contributed by atoms with Crippen LogP contribution in [0, 0.1) is 23.7 Å². The Labute approximate surface area is 458 Å². The van der Waals surface area contributed by atoms with Crippen LogP contribution in [0.25, 0.3) is 0 Å². The largest absolute Gasteiger partial charge is 0.480 e. The fourth-order valence-electron chi connectivity index (χ4n) is 8.53. The Hall–Kier alpha value is -6.84. The van der Waals surface area contributed by atoms with Crippen molar-refractivity contribution in [1.29, 1.82) is 0 Å². The Morgan fingerprint density at radius 2 is 0.987 bits per heavy atom. The second-order valence-corrected chi connectivity index (χ2v) is 21.3. The molecule has 0 saturated carbocycles. The SMILES string of the molecule is CC(C)CC(NC(=O)C1CCCN1C(=O)C(NC(=O)C(CCC(N)=O)NC(=O)C(CCCN=C(N)N)NC(=O)C(CCCCN)NC(=O)C(NC(=O)C(CC(C)C)NC(=O)C(N)CCCN=C(N)N)C(C)C)C(C)C)C(=O)O. The first kappa shape index (κ1) is 69.2.